The van der Waals surface area contributed by atoms with Gasteiger partial charge in [-0.25, -0.2) is 0 Å². The minimum Gasteiger partial charge on any atom is -0.394 e. The normalized spacial score (nSPS) is 11.8. The van der Waals surface area contributed by atoms with E-state index in [1.165, 1.54) is 0 Å². The molecule has 2 N–H and O–H groups in total. The van der Waals surface area contributed by atoms with Crippen LogP contribution in [-0.2, 0) is 11.2 Å². The molecule has 0 aliphatic heterocycles. The maximum Gasteiger partial charge on any atom is 0.238 e. The van der Waals surface area contributed by atoms with E-state index >= 15 is 0 Å². The molecule has 0 aliphatic carbocycles. The first-order valence-electron chi connectivity index (χ1n) is 7.02. The molecule has 0 aromatic heterocycles. The third-order valence-electron chi connectivity index (χ3n) is 3.81. The lowest BCUT2D eigenvalue weighted by atomic mass is 10.0. The number of aliphatic hydroxyl groups excluding tert-OH is 1. The van der Waals surface area contributed by atoms with E-state index < -0.39 is 5.54 Å². The van der Waals surface area contributed by atoms with Crippen molar-refractivity contribution < 1.29 is 9.90 Å². The van der Waals surface area contributed by atoms with Gasteiger partial charge in [-0.2, -0.15) is 0 Å². The zero-order chi connectivity index (χ0) is 15.3. The number of aliphatic hydroxyl groups is 1. The summed E-state index contributed by atoms with van der Waals surface area (Å²) in [7, 11) is 1.84. The Labute approximate surface area is 121 Å². The van der Waals surface area contributed by atoms with Crippen LogP contribution in [0.4, 0.5) is 5.69 Å². The Hall–Kier alpha value is -1.39. The Balaban J connectivity index is 2.77. The van der Waals surface area contributed by atoms with Crippen LogP contribution in [0.25, 0.3) is 0 Å². The average Bonchev–Trinajstić information content (AvgIpc) is 2.40. The number of hydrogen-bond acceptors (Lipinski definition) is 3. The van der Waals surface area contributed by atoms with Crippen molar-refractivity contribution in [2.24, 2.45) is 0 Å². The van der Waals surface area contributed by atoms with Crippen LogP contribution in [0.5, 0.6) is 0 Å². The standard InChI is InChI=1S/C16H26N2O2/c1-6-13-9-7-8-12(2)15(13)17-14(20)10-18(5)16(3,4)11-19/h7-9,19H,6,10-11H2,1-5H3,(H,17,20). The van der Waals surface area contributed by atoms with Crippen molar-refractivity contribution in [3.05, 3.63) is 29.3 Å². The van der Waals surface area contributed by atoms with E-state index in [2.05, 4.69) is 12.2 Å². The molecule has 1 aromatic carbocycles. The number of aryl methyl sites for hydroxylation is 2. The Morgan fingerprint density at radius 1 is 1.40 bits per heavy atom. The summed E-state index contributed by atoms with van der Waals surface area (Å²) in [5.74, 6) is -0.0574. The van der Waals surface area contributed by atoms with E-state index in [-0.39, 0.29) is 19.1 Å². The van der Waals surface area contributed by atoms with E-state index in [0.29, 0.717) is 0 Å². The van der Waals surface area contributed by atoms with E-state index in [9.17, 15) is 9.90 Å². The van der Waals surface area contributed by atoms with Crippen LogP contribution in [0.1, 0.15) is 31.9 Å². The van der Waals surface area contributed by atoms with Gasteiger partial charge in [-0.05, 0) is 45.4 Å². The van der Waals surface area contributed by atoms with E-state index in [4.69, 9.17) is 0 Å². The molecule has 20 heavy (non-hydrogen) atoms. The first kappa shape index (κ1) is 16.7. The molecule has 0 saturated carbocycles. The number of para-hydroxylation sites is 1. The van der Waals surface area contributed by atoms with Crippen LogP contribution < -0.4 is 5.32 Å². The highest BCUT2D eigenvalue weighted by Gasteiger charge is 2.24. The molecule has 112 valence electrons. The van der Waals surface area contributed by atoms with Crippen molar-refractivity contribution in [2.45, 2.75) is 39.7 Å². The summed E-state index contributed by atoms with van der Waals surface area (Å²) in [6, 6.07) is 6.03. The smallest absolute Gasteiger partial charge is 0.238 e. The number of amides is 1. The monoisotopic (exact) mass is 278 g/mol. The lowest BCUT2D eigenvalue weighted by Crippen LogP contribution is -2.47. The Kier molecular flexibility index (Phi) is 5.72. The predicted molar refractivity (Wildman–Crippen MR) is 83.0 cm³/mol. The SMILES string of the molecule is CCc1cccc(C)c1NC(=O)CN(C)C(C)(C)CO. The summed E-state index contributed by atoms with van der Waals surface area (Å²) in [4.78, 5) is 14.0. The highest BCUT2D eigenvalue weighted by molar-refractivity contribution is 5.93. The molecule has 1 amide bonds. The van der Waals surface area contributed by atoms with Gasteiger partial charge in [0.1, 0.15) is 0 Å². The van der Waals surface area contributed by atoms with Crippen LogP contribution >= 0.6 is 0 Å². The van der Waals surface area contributed by atoms with Gasteiger partial charge in [0.05, 0.1) is 13.2 Å². The number of carbonyl (C=O) groups is 1. The van der Waals surface area contributed by atoms with Crippen molar-refractivity contribution in [1.29, 1.82) is 0 Å². The van der Waals surface area contributed by atoms with Gasteiger partial charge in [-0.3, -0.25) is 9.69 Å². The van der Waals surface area contributed by atoms with Crippen molar-refractivity contribution in [3.8, 4) is 0 Å². The number of carbonyl (C=O) groups excluding carboxylic acids is 1. The molecule has 0 fully saturated rings. The predicted octanol–water partition coefficient (Wildman–Crippen LogP) is 2.20. The third kappa shape index (κ3) is 4.05. The maximum absolute atomic E-state index is 12.2. The molecular weight excluding hydrogens is 252 g/mol. The third-order valence-corrected chi connectivity index (χ3v) is 3.81. The van der Waals surface area contributed by atoms with E-state index in [1.807, 2.05) is 50.9 Å². The second-order valence-corrected chi connectivity index (χ2v) is 5.84. The number of likely N-dealkylation sites (N-methyl/N-ethyl adjacent to an activating group) is 1. The zero-order valence-corrected chi connectivity index (χ0v) is 13.2. The minimum absolute atomic E-state index is 0.0152. The zero-order valence-electron chi connectivity index (χ0n) is 13.2. The second-order valence-electron chi connectivity index (χ2n) is 5.84. The molecule has 4 nitrogen and oxygen atoms in total. The number of benzene rings is 1. The highest BCUT2D eigenvalue weighted by Crippen LogP contribution is 2.21. The van der Waals surface area contributed by atoms with E-state index in [0.717, 1.165) is 23.2 Å². The van der Waals surface area contributed by atoms with Crippen LogP contribution in [-0.4, -0.2) is 41.7 Å². The quantitative estimate of drug-likeness (QED) is 0.839. The Morgan fingerprint density at radius 2 is 2.05 bits per heavy atom. The molecule has 0 bridgehead atoms. The van der Waals surface area contributed by atoms with Crippen LogP contribution in [0.2, 0.25) is 0 Å². The van der Waals surface area contributed by atoms with Gasteiger partial charge in [-0.15, -0.1) is 0 Å². The molecule has 0 radical (unpaired) electrons. The van der Waals surface area contributed by atoms with Gasteiger partial charge in [-0.1, -0.05) is 25.1 Å². The summed E-state index contributed by atoms with van der Waals surface area (Å²) in [6.45, 7) is 8.16. The lowest BCUT2D eigenvalue weighted by molar-refractivity contribution is -0.118. The Bertz CT molecular complexity index is 470. The van der Waals surface area contributed by atoms with Crippen molar-refractivity contribution >= 4 is 11.6 Å². The fraction of sp³-hybridized carbons (Fsp3) is 0.562. The summed E-state index contributed by atoms with van der Waals surface area (Å²) >= 11 is 0. The lowest BCUT2D eigenvalue weighted by Gasteiger charge is -2.33. The molecule has 0 atom stereocenters. The summed E-state index contributed by atoms with van der Waals surface area (Å²) in [5.41, 5.74) is 2.72. The summed E-state index contributed by atoms with van der Waals surface area (Å²) < 4.78 is 0. The molecule has 4 heteroatoms. The Morgan fingerprint density at radius 3 is 2.60 bits per heavy atom. The number of anilines is 1. The van der Waals surface area contributed by atoms with Crippen LogP contribution in [0.15, 0.2) is 18.2 Å². The summed E-state index contributed by atoms with van der Waals surface area (Å²) in [5, 5.41) is 12.3. The molecule has 1 rings (SSSR count). The van der Waals surface area contributed by atoms with E-state index in [1.54, 1.807) is 0 Å². The molecule has 0 saturated heterocycles. The average molecular weight is 278 g/mol. The van der Waals surface area contributed by atoms with Gasteiger partial charge in [0, 0.05) is 11.2 Å². The van der Waals surface area contributed by atoms with Gasteiger partial charge in [0.15, 0.2) is 0 Å². The largest absolute Gasteiger partial charge is 0.394 e. The van der Waals surface area contributed by atoms with Crippen molar-refractivity contribution in [2.75, 3.05) is 25.5 Å². The van der Waals surface area contributed by atoms with Crippen LogP contribution in [0.3, 0.4) is 0 Å². The number of nitrogens with zero attached hydrogens (tertiary/aromatic N) is 1. The fourth-order valence-electron chi connectivity index (χ4n) is 1.93. The van der Waals surface area contributed by atoms with Crippen molar-refractivity contribution in [1.82, 2.24) is 4.90 Å². The first-order chi connectivity index (χ1) is 9.31. The molecular formula is C16H26N2O2. The molecule has 1 aromatic rings. The summed E-state index contributed by atoms with van der Waals surface area (Å²) in [6.07, 6.45) is 0.884. The molecule has 0 heterocycles. The molecule has 0 aliphatic rings. The first-order valence-corrected chi connectivity index (χ1v) is 7.02. The van der Waals surface area contributed by atoms with Gasteiger partial charge in [0.25, 0.3) is 0 Å². The van der Waals surface area contributed by atoms with Gasteiger partial charge >= 0.3 is 0 Å². The number of nitrogens with one attached hydrogen (secondary N) is 1. The highest BCUT2D eigenvalue weighted by atomic mass is 16.3. The molecule has 0 spiro atoms. The number of hydrogen-bond donors (Lipinski definition) is 2. The van der Waals surface area contributed by atoms with Gasteiger partial charge < -0.3 is 10.4 Å². The molecule has 0 unspecified atom stereocenters. The van der Waals surface area contributed by atoms with Crippen molar-refractivity contribution in [3.63, 3.8) is 0 Å². The fourth-order valence-corrected chi connectivity index (χ4v) is 1.93. The van der Waals surface area contributed by atoms with Gasteiger partial charge in [0.2, 0.25) is 5.91 Å². The number of rotatable bonds is 6. The maximum atomic E-state index is 12.2. The minimum atomic E-state index is -0.406. The topological polar surface area (TPSA) is 52.6 Å². The second kappa shape index (κ2) is 6.86. The van der Waals surface area contributed by atoms with Crippen LogP contribution in [0, 0.1) is 6.92 Å².